The average Bonchev–Trinajstić information content (AvgIpc) is 2.92. The van der Waals surface area contributed by atoms with E-state index in [0.717, 1.165) is 35.8 Å². The molecule has 0 fully saturated rings. The van der Waals surface area contributed by atoms with Gasteiger partial charge in [0.25, 0.3) is 3.79 Å². The van der Waals surface area contributed by atoms with Crippen LogP contribution < -0.4 is 18.9 Å². The minimum atomic E-state index is -0.623. The Kier molecular flexibility index (Phi) is 5.40. The maximum Gasteiger partial charge on any atom is 0.300 e. The van der Waals surface area contributed by atoms with Crippen LogP contribution >= 0.6 is 22.6 Å². The Labute approximate surface area is 193 Å². The molecule has 2 atom stereocenters. The van der Waals surface area contributed by atoms with Gasteiger partial charge in [0.1, 0.15) is 12.7 Å². The lowest BCUT2D eigenvalue weighted by Gasteiger charge is -2.34. The lowest BCUT2D eigenvalue weighted by atomic mass is 9.80. The van der Waals surface area contributed by atoms with Crippen molar-refractivity contribution in [3.8, 4) is 23.0 Å². The molecule has 0 radical (unpaired) electrons. The number of rotatable bonds is 4. The van der Waals surface area contributed by atoms with Gasteiger partial charge in [-0.15, -0.1) is 0 Å². The van der Waals surface area contributed by atoms with Gasteiger partial charge in [-0.3, -0.25) is 0 Å². The van der Waals surface area contributed by atoms with Crippen molar-refractivity contribution >= 4 is 22.6 Å². The Morgan fingerprint density at radius 1 is 0.933 bits per heavy atom. The van der Waals surface area contributed by atoms with Crippen molar-refractivity contribution in [2.75, 3.05) is 6.61 Å². The maximum absolute atomic E-state index is 6.30. The van der Waals surface area contributed by atoms with Crippen LogP contribution in [0.25, 0.3) is 0 Å². The third-order valence-corrected chi connectivity index (χ3v) is 6.02. The van der Waals surface area contributed by atoms with Gasteiger partial charge in [0.2, 0.25) is 0 Å². The molecular weight excluding hydrogens is 491 g/mol. The molecule has 2 aliphatic rings. The first-order valence-corrected chi connectivity index (χ1v) is 11.6. The fraction of sp³-hybridized carbons (Fsp3) is 0.520. The Hall–Kier alpha value is -1.63. The van der Waals surface area contributed by atoms with Crippen molar-refractivity contribution in [2.45, 2.75) is 69.7 Å². The number of hydrogen-bond donors (Lipinski definition) is 0. The predicted molar refractivity (Wildman–Crippen MR) is 127 cm³/mol. The summed E-state index contributed by atoms with van der Waals surface area (Å²) in [5.41, 5.74) is 2.65. The second kappa shape index (κ2) is 7.50. The van der Waals surface area contributed by atoms with Gasteiger partial charge >= 0.3 is 0 Å². The molecule has 4 nitrogen and oxygen atoms in total. The van der Waals surface area contributed by atoms with E-state index in [0.29, 0.717) is 6.61 Å². The van der Waals surface area contributed by atoms with E-state index >= 15 is 0 Å². The number of fused-ring (bicyclic) bond motifs is 2. The van der Waals surface area contributed by atoms with Crippen LogP contribution in [0.3, 0.4) is 0 Å². The SMILES string of the molecule is CC(C)(Cc1ccc2c(c1)OC(C)(I)O2)CC1COc2cc(C(C)(C)C)ccc2O1. The standard InChI is InChI=1S/C25H31IO4/c1-23(2,3)17-8-10-19-21(12-17)27-15-18(28-19)14-24(4,5)13-16-7-9-20-22(11-16)30-25(6,26)29-20/h7-12,18H,13-15H2,1-6H3. The highest BCUT2D eigenvalue weighted by atomic mass is 127. The van der Waals surface area contributed by atoms with E-state index < -0.39 is 3.79 Å². The van der Waals surface area contributed by atoms with E-state index in [1.165, 1.54) is 11.1 Å². The number of benzene rings is 2. The van der Waals surface area contributed by atoms with Gasteiger partial charge in [0.15, 0.2) is 23.0 Å². The summed E-state index contributed by atoms with van der Waals surface area (Å²) in [4.78, 5) is 0. The van der Waals surface area contributed by atoms with E-state index in [1.807, 2.05) is 19.1 Å². The van der Waals surface area contributed by atoms with E-state index in [2.05, 4.69) is 81.5 Å². The summed E-state index contributed by atoms with van der Waals surface area (Å²) in [5, 5.41) is 0. The third-order valence-electron chi connectivity index (χ3n) is 5.58. The Bertz CT molecular complexity index is 943. The number of halogens is 1. The normalized spacial score (nSPS) is 22.8. The molecule has 0 bridgehead atoms. The molecule has 2 heterocycles. The summed E-state index contributed by atoms with van der Waals surface area (Å²) >= 11 is 2.17. The van der Waals surface area contributed by atoms with Gasteiger partial charge in [-0.25, -0.2) is 0 Å². The molecule has 2 aromatic rings. The summed E-state index contributed by atoms with van der Waals surface area (Å²) in [7, 11) is 0. The van der Waals surface area contributed by atoms with Gasteiger partial charge in [0.05, 0.1) is 0 Å². The number of ether oxygens (including phenoxy) is 4. The minimum absolute atomic E-state index is 0.0413. The van der Waals surface area contributed by atoms with Gasteiger partial charge in [0, 0.05) is 29.5 Å². The van der Waals surface area contributed by atoms with Crippen molar-refractivity contribution in [1.82, 2.24) is 0 Å². The molecular formula is C25H31IO4. The quantitative estimate of drug-likeness (QED) is 0.332. The van der Waals surface area contributed by atoms with Crippen LogP contribution in [0.5, 0.6) is 23.0 Å². The van der Waals surface area contributed by atoms with Crippen molar-refractivity contribution in [2.24, 2.45) is 5.41 Å². The van der Waals surface area contributed by atoms with Gasteiger partial charge < -0.3 is 18.9 Å². The second-order valence-electron chi connectivity index (χ2n) is 10.3. The van der Waals surface area contributed by atoms with Crippen LogP contribution in [-0.4, -0.2) is 16.5 Å². The second-order valence-corrected chi connectivity index (χ2v) is 12.3. The van der Waals surface area contributed by atoms with Gasteiger partial charge in [-0.1, -0.05) is 46.8 Å². The molecule has 0 aliphatic carbocycles. The molecule has 0 N–H and O–H groups in total. The van der Waals surface area contributed by atoms with E-state index in [4.69, 9.17) is 18.9 Å². The topological polar surface area (TPSA) is 36.9 Å². The van der Waals surface area contributed by atoms with Crippen LogP contribution in [-0.2, 0) is 11.8 Å². The third kappa shape index (κ3) is 4.82. The molecule has 5 heteroatoms. The minimum Gasteiger partial charge on any atom is -0.486 e. The van der Waals surface area contributed by atoms with Crippen LogP contribution in [0.2, 0.25) is 0 Å². The lowest BCUT2D eigenvalue weighted by molar-refractivity contribution is 0.0490. The smallest absolute Gasteiger partial charge is 0.300 e. The van der Waals surface area contributed by atoms with Crippen LogP contribution in [0.15, 0.2) is 36.4 Å². The molecule has 2 unspecified atom stereocenters. The van der Waals surface area contributed by atoms with E-state index in [-0.39, 0.29) is 16.9 Å². The molecule has 0 saturated carbocycles. The average molecular weight is 522 g/mol. The molecule has 0 spiro atoms. The number of alkyl halides is 1. The number of hydrogen-bond acceptors (Lipinski definition) is 4. The summed E-state index contributed by atoms with van der Waals surface area (Å²) < 4.78 is 23.5. The largest absolute Gasteiger partial charge is 0.486 e. The molecule has 0 amide bonds. The van der Waals surface area contributed by atoms with Gasteiger partial charge in [-0.2, -0.15) is 0 Å². The molecule has 4 rings (SSSR count). The fourth-order valence-corrected chi connectivity index (χ4v) is 4.64. The highest BCUT2D eigenvalue weighted by Crippen LogP contribution is 2.44. The highest BCUT2D eigenvalue weighted by Gasteiger charge is 2.34. The summed E-state index contributed by atoms with van der Waals surface area (Å²) in [6.45, 7) is 13.7. The van der Waals surface area contributed by atoms with Gasteiger partial charge in [-0.05, 0) is 59.1 Å². The lowest BCUT2D eigenvalue weighted by Crippen LogP contribution is -2.34. The molecule has 2 aromatic carbocycles. The zero-order valence-corrected chi connectivity index (χ0v) is 20.8. The summed E-state index contributed by atoms with van der Waals surface area (Å²) in [5.74, 6) is 3.33. The van der Waals surface area contributed by atoms with Crippen molar-refractivity contribution in [3.05, 3.63) is 47.5 Å². The molecule has 0 saturated heterocycles. The van der Waals surface area contributed by atoms with Crippen molar-refractivity contribution in [3.63, 3.8) is 0 Å². The molecule has 2 aliphatic heterocycles. The van der Waals surface area contributed by atoms with E-state index in [9.17, 15) is 0 Å². The fourth-order valence-electron chi connectivity index (χ4n) is 4.16. The first-order valence-electron chi connectivity index (χ1n) is 10.5. The van der Waals surface area contributed by atoms with Crippen LogP contribution in [0.1, 0.15) is 59.1 Å². The van der Waals surface area contributed by atoms with Crippen LogP contribution in [0.4, 0.5) is 0 Å². The van der Waals surface area contributed by atoms with Crippen molar-refractivity contribution in [1.29, 1.82) is 0 Å². The monoisotopic (exact) mass is 522 g/mol. The first kappa shape index (κ1) is 21.6. The molecule has 162 valence electrons. The molecule has 0 aromatic heterocycles. The molecule has 30 heavy (non-hydrogen) atoms. The maximum atomic E-state index is 6.30. The summed E-state index contributed by atoms with van der Waals surface area (Å²) in [6.07, 6.45) is 1.88. The summed E-state index contributed by atoms with van der Waals surface area (Å²) in [6, 6.07) is 12.5. The Morgan fingerprint density at radius 3 is 2.37 bits per heavy atom. The van der Waals surface area contributed by atoms with E-state index in [1.54, 1.807) is 0 Å². The Balaban J connectivity index is 1.41. The highest BCUT2D eigenvalue weighted by molar-refractivity contribution is 14.1. The zero-order chi connectivity index (χ0) is 21.7. The van der Waals surface area contributed by atoms with Crippen molar-refractivity contribution < 1.29 is 18.9 Å². The van der Waals surface area contributed by atoms with Crippen LogP contribution in [0, 0.1) is 5.41 Å². The zero-order valence-electron chi connectivity index (χ0n) is 18.7. The first-order chi connectivity index (χ1) is 13.9. The Morgan fingerprint density at radius 2 is 1.63 bits per heavy atom. The predicted octanol–water partition coefficient (Wildman–Crippen LogP) is 6.66.